The highest BCUT2D eigenvalue weighted by Crippen LogP contribution is 2.23. The molecular weight excluding hydrogens is 298 g/mol. The number of hydrogen-bond acceptors (Lipinski definition) is 4. The highest BCUT2D eigenvalue weighted by Gasteiger charge is 2.30. The number of rotatable bonds is 5. The smallest absolute Gasteiger partial charge is 0.243 e. The van der Waals surface area contributed by atoms with Crippen molar-refractivity contribution in [3.05, 3.63) is 24.3 Å². The van der Waals surface area contributed by atoms with Crippen LogP contribution < -0.4 is 5.73 Å². The number of nitrogens with two attached hydrogens (primary N) is 1. The van der Waals surface area contributed by atoms with Crippen LogP contribution in [0, 0.1) is 5.92 Å². The van der Waals surface area contributed by atoms with Gasteiger partial charge in [-0.2, -0.15) is 4.31 Å². The zero-order valence-electron chi connectivity index (χ0n) is 13.7. The van der Waals surface area contributed by atoms with E-state index in [1.54, 1.807) is 31.3 Å². The van der Waals surface area contributed by atoms with E-state index in [1.165, 1.54) is 4.31 Å². The Morgan fingerprint density at radius 2 is 1.77 bits per heavy atom. The van der Waals surface area contributed by atoms with E-state index in [1.807, 2.05) is 0 Å². The van der Waals surface area contributed by atoms with Gasteiger partial charge in [-0.1, -0.05) is 13.8 Å². The summed E-state index contributed by atoms with van der Waals surface area (Å²) in [6, 6.07) is 6.49. The molecule has 124 valence electrons. The van der Waals surface area contributed by atoms with E-state index >= 15 is 0 Å². The lowest BCUT2D eigenvalue weighted by Gasteiger charge is -2.36. The van der Waals surface area contributed by atoms with Gasteiger partial charge in [0.1, 0.15) is 0 Å². The van der Waals surface area contributed by atoms with Gasteiger partial charge in [0.15, 0.2) is 0 Å². The number of benzene rings is 1. The summed E-state index contributed by atoms with van der Waals surface area (Å²) >= 11 is 0. The Labute approximate surface area is 134 Å². The van der Waals surface area contributed by atoms with E-state index in [2.05, 4.69) is 18.7 Å². The lowest BCUT2D eigenvalue weighted by Crippen LogP contribution is -2.46. The van der Waals surface area contributed by atoms with Crippen LogP contribution in [-0.4, -0.2) is 50.3 Å². The minimum Gasteiger partial charge on any atom is -0.399 e. The highest BCUT2D eigenvalue weighted by molar-refractivity contribution is 7.89. The van der Waals surface area contributed by atoms with Crippen LogP contribution in [0.1, 0.15) is 26.7 Å². The molecule has 0 atom stereocenters. The van der Waals surface area contributed by atoms with Crippen LogP contribution >= 0.6 is 0 Å². The van der Waals surface area contributed by atoms with Crippen molar-refractivity contribution >= 4 is 15.7 Å². The monoisotopic (exact) mass is 325 g/mol. The van der Waals surface area contributed by atoms with Crippen molar-refractivity contribution in [2.45, 2.75) is 37.6 Å². The third-order valence-corrected chi connectivity index (χ3v) is 6.18. The van der Waals surface area contributed by atoms with Gasteiger partial charge in [0.2, 0.25) is 10.0 Å². The van der Waals surface area contributed by atoms with Crippen molar-refractivity contribution in [2.75, 3.05) is 32.4 Å². The van der Waals surface area contributed by atoms with Crippen LogP contribution in [0.4, 0.5) is 5.69 Å². The molecule has 0 aliphatic carbocycles. The van der Waals surface area contributed by atoms with Gasteiger partial charge >= 0.3 is 0 Å². The molecule has 0 saturated carbocycles. The molecule has 1 aliphatic rings. The maximum atomic E-state index is 12.7. The first-order valence-electron chi connectivity index (χ1n) is 7.86. The molecule has 0 amide bonds. The average Bonchev–Trinajstić information content (AvgIpc) is 2.47. The summed E-state index contributed by atoms with van der Waals surface area (Å²) in [6.45, 7) is 7.43. The molecule has 1 saturated heterocycles. The van der Waals surface area contributed by atoms with Crippen LogP contribution in [-0.2, 0) is 10.0 Å². The summed E-state index contributed by atoms with van der Waals surface area (Å²) in [5, 5.41) is 0. The van der Waals surface area contributed by atoms with Crippen LogP contribution in [0.5, 0.6) is 0 Å². The summed E-state index contributed by atoms with van der Waals surface area (Å²) in [6.07, 6.45) is 1.77. The second-order valence-corrected chi connectivity index (χ2v) is 8.51. The summed E-state index contributed by atoms with van der Waals surface area (Å²) in [5.74, 6) is 0.646. The molecule has 1 aromatic carbocycles. The number of hydrogen-bond donors (Lipinski definition) is 1. The fraction of sp³-hybridized carbons (Fsp3) is 0.625. The van der Waals surface area contributed by atoms with E-state index in [-0.39, 0.29) is 6.04 Å². The second-order valence-electron chi connectivity index (χ2n) is 6.52. The molecule has 1 aromatic rings. The zero-order valence-corrected chi connectivity index (χ0v) is 14.5. The number of anilines is 1. The fourth-order valence-corrected chi connectivity index (χ4v) is 4.40. The van der Waals surface area contributed by atoms with Gasteiger partial charge in [0.05, 0.1) is 4.90 Å². The number of likely N-dealkylation sites (tertiary alicyclic amines) is 1. The molecule has 0 spiro atoms. The maximum absolute atomic E-state index is 12.7. The number of nitrogen functional groups attached to an aromatic ring is 1. The predicted octanol–water partition coefficient (Wildman–Crippen LogP) is 2.01. The third kappa shape index (κ3) is 4.00. The molecule has 6 heteroatoms. The van der Waals surface area contributed by atoms with E-state index in [0.717, 1.165) is 32.5 Å². The first kappa shape index (κ1) is 17.2. The van der Waals surface area contributed by atoms with E-state index in [0.29, 0.717) is 16.5 Å². The second kappa shape index (κ2) is 6.98. The van der Waals surface area contributed by atoms with Gasteiger partial charge in [-0.15, -0.1) is 0 Å². The van der Waals surface area contributed by atoms with E-state index in [4.69, 9.17) is 5.73 Å². The molecule has 1 heterocycles. The maximum Gasteiger partial charge on any atom is 0.243 e. The molecule has 5 nitrogen and oxygen atoms in total. The average molecular weight is 325 g/mol. The predicted molar refractivity (Wildman–Crippen MR) is 90.1 cm³/mol. The zero-order chi connectivity index (χ0) is 16.3. The standard InChI is InChI=1S/C16H27N3O2S/c1-13(2)12-19-10-8-15(9-11-19)18(3)22(20,21)16-6-4-14(17)5-7-16/h4-7,13,15H,8-12,17H2,1-3H3. The van der Waals surface area contributed by atoms with Gasteiger partial charge in [0, 0.05) is 25.3 Å². The van der Waals surface area contributed by atoms with Crippen molar-refractivity contribution in [3.63, 3.8) is 0 Å². The summed E-state index contributed by atoms with van der Waals surface area (Å²) in [4.78, 5) is 2.74. The van der Waals surface area contributed by atoms with E-state index < -0.39 is 10.0 Å². The molecule has 22 heavy (non-hydrogen) atoms. The van der Waals surface area contributed by atoms with Crippen LogP contribution in [0.15, 0.2) is 29.2 Å². The lowest BCUT2D eigenvalue weighted by atomic mass is 10.0. The largest absolute Gasteiger partial charge is 0.399 e. The van der Waals surface area contributed by atoms with Crippen LogP contribution in [0.25, 0.3) is 0 Å². The Bertz CT molecular complexity index is 576. The normalized spacial score (nSPS) is 18.2. The molecular formula is C16H27N3O2S. The van der Waals surface area contributed by atoms with Gasteiger partial charge in [-0.3, -0.25) is 0 Å². The molecule has 1 fully saturated rings. The molecule has 0 unspecified atom stereocenters. The molecule has 0 aromatic heterocycles. The topological polar surface area (TPSA) is 66.6 Å². The Balaban J connectivity index is 2.02. The Hall–Kier alpha value is -1.11. The van der Waals surface area contributed by atoms with Gasteiger partial charge < -0.3 is 10.6 Å². The summed E-state index contributed by atoms with van der Waals surface area (Å²) in [7, 11) is -1.75. The Morgan fingerprint density at radius 3 is 2.27 bits per heavy atom. The minimum absolute atomic E-state index is 0.0750. The molecule has 2 rings (SSSR count). The minimum atomic E-state index is -3.44. The summed E-state index contributed by atoms with van der Waals surface area (Å²) < 4.78 is 26.9. The van der Waals surface area contributed by atoms with Gasteiger partial charge in [-0.25, -0.2) is 8.42 Å². The first-order chi connectivity index (χ1) is 10.3. The molecule has 2 N–H and O–H groups in total. The fourth-order valence-electron chi connectivity index (χ4n) is 2.98. The Morgan fingerprint density at radius 1 is 1.23 bits per heavy atom. The molecule has 0 bridgehead atoms. The van der Waals surface area contributed by atoms with Crippen molar-refractivity contribution < 1.29 is 8.42 Å². The first-order valence-corrected chi connectivity index (χ1v) is 9.30. The van der Waals surface area contributed by atoms with Crippen LogP contribution in [0.2, 0.25) is 0 Å². The number of sulfonamides is 1. The number of piperidine rings is 1. The Kier molecular flexibility index (Phi) is 5.47. The third-order valence-electron chi connectivity index (χ3n) is 4.25. The molecule has 0 radical (unpaired) electrons. The van der Waals surface area contributed by atoms with E-state index in [9.17, 15) is 8.42 Å². The quantitative estimate of drug-likeness (QED) is 0.841. The van der Waals surface area contributed by atoms with Crippen molar-refractivity contribution in [1.82, 2.24) is 9.21 Å². The van der Waals surface area contributed by atoms with Gasteiger partial charge in [-0.05, 0) is 56.1 Å². The SMILES string of the molecule is CC(C)CN1CCC(N(C)S(=O)(=O)c2ccc(N)cc2)CC1. The highest BCUT2D eigenvalue weighted by atomic mass is 32.2. The lowest BCUT2D eigenvalue weighted by molar-refractivity contribution is 0.156. The summed E-state index contributed by atoms with van der Waals surface area (Å²) in [5.41, 5.74) is 6.20. The number of nitrogens with zero attached hydrogens (tertiary/aromatic N) is 2. The van der Waals surface area contributed by atoms with Crippen molar-refractivity contribution in [2.24, 2.45) is 5.92 Å². The van der Waals surface area contributed by atoms with Gasteiger partial charge in [0.25, 0.3) is 0 Å². The van der Waals surface area contributed by atoms with Crippen LogP contribution in [0.3, 0.4) is 0 Å². The van der Waals surface area contributed by atoms with Crippen molar-refractivity contribution in [3.8, 4) is 0 Å². The van der Waals surface area contributed by atoms with Crippen molar-refractivity contribution in [1.29, 1.82) is 0 Å². The molecule has 1 aliphatic heterocycles.